The van der Waals surface area contributed by atoms with Crippen LogP contribution in [-0.4, -0.2) is 57.6 Å². The van der Waals surface area contributed by atoms with E-state index in [-0.39, 0.29) is 6.61 Å². The Hall–Kier alpha value is -2.15. The van der Waals surface area contributed by atoms with Gasteiger partial charge in [0.2, 0.25) is 0 Å². The highest BCUT2D eigenvalue weighted by molar-refractivity contribution is 5.52. The van der Waals surface area contributed by atoms with Crippen molar-refractivity contribution in [1.82, 2.24) is 19.7 Å². The summed E-state index contributed by atoms with van der Waals surface area (Å²) in [6, 6.07) is 2.50. The highest BCUT2D eigenvalue weighted by atomic mass is 16.3. The van der Waals surface area contributed by atoms with Gasteiger partial charge in [-0.15, -0.1) is 0 Å². The van der Waals surface area contributed by atoms with E-state index >= 15 is 0 Å². The molecule has 2 aliphatic heterocycles. The van der Waals surface area contributed by atoms with Crippen molar-refractivity contribution < 1.29 is 5.11 Å². The molecule has 1 N–H and O–H groups in total. The SMILES string of the molecule is Cc1cnn(C2CN(c3cc(N4CCCC(CO)C4)ncn3)C2)c1. The Morgan fingerprint density at radius 1 is 1.17 bits per heavy atom. The van der Waals surface area contributed by atoms with Crippen LogP contribution in [0.2, 0.25) is 0 Å². The predicted octanol–water partition coefficient (Wildman–Crippen LogP) is 1.25. The maximum atomic E-state index is 9.41. The minimum atomic E-state index is 0.255. The van der Waals surface area contributed by atoms with Gasteiger partial charge in [0, 0.05) is 45.0 Å². The maximum Gasteiger partial charge on any atom is 0.134 e. The number of nitrogens with zero attached hydrogens (tertiary/aromatic N) is 6. The second kappa shape index (κ2) is 6.39. The summed E-state index contributed by atoms with van der Waals surface area (Å²) in [5, 5.41) is 13.8. The fourth-order valence-corrected chi connectivity index (χ4v) is 3.55. The molecule has 0 radical (unpaired) electrons. The van der Waals surface area contributed by atoms with E-state index in [2.05, 4.69) is 44.1 Å². The first-order valence-electron chi connectivity index (χ1n) is 8.66. The van der Waals surface area contributed by atoms with Crippen LogP contribution in [0.25, 0.3) is 0 Å². The van der Waals surface area contributed by atoms with Crippen LogP contribution in [0.3, 0.4) is 0 Å². The third-order valence-corrected chi connectivity index (χ3v) is 5.03. The summed E-state index contributed by atoms with van der Waals surface area (Å²) in [6.45, 7) is 6.05. The van der Waals surface area contributed by atoms with Crippen molar-refractivity contribution in [3.63, 3.8) is 0 Å². The van der Waals surface area contributed by atoms with Crippen LogP contribution in [0.5, 0.6) is 0 Å². The van der Waals surface area contributed by atoms with Crippen molar-refractivity contribution in [2.45, 2.75) is 25.8 Å². The van der Waals surface area contributed by atoms with Gasteiger partial charge in [0.05, 0.1) is 12.2 Å². The zero-order valence-corrected chi connectivity index (χ0v) is 14.0. The Kier molecular flexibility index (Phi) is 4.10. The molecule has 2 fully saturated rings. The first-order valence-corrected chi connectivity index (χ1v) is 8.66. The Morgan fingerprint density at radius 2 is 1.96 bits per heavy atom. The van der Waals surface area contributed by atoms with Gasteiger partial charge in [-0.05, 0) is 31.2 Å². The van der Waals surface area contributed by atoms with Gasteiger partial charge in [-0.2, -0.15) is 5.10 Å². The summed E-state index contributed by atoms with van der Waals surface area (Å²) in [5.74, 6) is 2.30. The lowest BCUT2D eigenvalue weighted by Gasteiger charge is -2.40. The van der Waals surface area contributed by atoms with Crippen LogP contribution in [0.4, 0.5) is 11.6 Å². The molecule has 128 valence electrons. The third kappa shape index (κ3) is 2.96. The molecule has 0 aromatic carbocycles. The molecule has 0 spiro atoms. The first kappa shape index (κ1) is 15.4. The van der Waals surface area contributed by atoms with Crippen molar-refractivity contribution in [2.75, 3.05) is 42.6 Å². The van der Waals surface area contributed by atoms with Crippen molar-refractivity contribution in [2.24, 2.45) is 5.92 Å². The Bertz CT molecular complexity index is 696. The summed E-state index contributed by atoms with van der Waals surface area (Å²) in [6.07, 6.45) is 7.85. The number of aromatic nitrogens is 4. The molecule has 0 amide bonds. The van der Waals surface area contributed by atoms with Crippen molar-refractivity contribution in [3.05, 3.63) is 30.4 Å². The summed E-state index contributed by atoms with van der Waals surface area (Å²) in [4.78, 5) is 13.4. The van der Waals surface area contributed by atoms with E-state index in [1.54, 1.807) is 6.33 Å². The lowest BCUT2D eigenvalue weighted by molar-refractivity contribution is 0.208. The van der Waals surface area contributed by atoms with Gasteiger partial charge in [0.15, 0.2) is 0 Å². The lowest BCUT2D eigenvalue weighted by Crippen LogP contribution is -2.48. The van der Waals surface area contributed by atoms with E-state index in [1.165, 1.54) is 5.56 Å². The third-order valence-electron chi connectivity index (χ3n) is 5.03. The fraction of sp³-hybridized carbons (Fsp3) is 0.588. The zero-order valence-electron chi connectivity index (χ0n) is 14.0. The Morgan fingerprint density at radius 3 is 2.67 bits per heavy atom. The average molecular weight is 328 g/mol. The minimum absolute atomic E-state index is 0.255. The number of rotatable bonds is 4. The number of aliphatic hydroxyl groups excluding tert-OH is 1. The van der Waals surface area contributed by atoms with Crippen LogP contribution in [0.1, 0.15) is 24.4 Å². The number of aryl methyl sites for hydroxylation is 1. The van der Waals surface area contributed by atoms with Gasteiger partial charge in [-0.1, -0.05) is 0 Å². The zero-order chi connectivity index (χ0) is 16.5. The van der Waals surface area contributed by atoms with E-state index in [1.807, 2.05) is 10.9 Å². The van der Waals surface area contributed by atoms with Gasteiger partial charge in [-0.3, -0.25) is 4.68 Å². The van der Waals surface area contributed by atoms with Crippen molar-refractivity contribution in [3.8, 4) is 0 Å². The molecule has 7 heteroatoms. The summed E-state index contributed by atoms with van der Waals surface area (Å²) in [7, 11) is 0. The number of hydrogen-bond acceptors (Lipinski definition) is 6. The highest BCUT2D eigenvalue weighted by Gasteiger charge is 2.30. The van der Waals surface area contributed by atoms with Gasteiger partial charge < -0.3 is 14.9 Å². The molecule has 2 aliphatic rings. The quantitative estimate of drug-likeness (QED) is 0.911. The van der Waals surface area contributed by atoms with Crippen LogP contribution in [0.15, 0.2) is 24.8 Å². The van der Waals surface area contributed by atoms with Gasteiger partial charge in [0.25, 0.3) is 0 Å². The minimum Gasteiger partial charge on any atom is -0.396 e. The molecule has 2 saturated heterocycles. The van der Waals surface area contributed by atoms with E-state index in [0.717, 1.165) is 50.7 Å². The number of anilines is 2. The van der Waals surface area contributed by atoms with E-state index < -0.39 is 0 Å². The molecular formula is C17H24N6O. The standard InChI is InChI=1S/C17H24N6O/c1-13-6-20-23(7-13)15-9-22(10-15)17-5-16(18-12-19-17)21-4-2-3-14(8-21)11-24/h5-7,12,14-15,24H,2-4,8-11H2,1H3. The van der Waals surface area contributed by atoms with Crippen molar-refractivity contribution in [1.29, 1.82) is 0 Å². The molecule has 2 aromatic rings. The van der Waals surface area contributed by atoms with Crippen LogP contribution in [0, 0.1) is 12.8 Å². The normalized spacial score (nSPS) is 21.8. The molecule has 1 atom stereocenters. The maximum absolute atomic E-state index is 9.41. The Balaban J connectivity index is 1.42. The smallest absolute Gasteiger partial charge is 0.134 e. The average Bonchev–Trinajstić information content (AvgIpc) is 3.00. The molecular weight excluding hydrogens is 304 g/mol. The number of aliphatic hydroxyl groups is 1. The molecule has 4 rings (SSSR count). The Labute approximate surface area is 141 Å². The molecule has 0 aliphatic carbocycles. The molecule has 24 heavy (non-hydrogen) atoms. The highest BCUT2D eigenvalue weighted by Crippen LogP contribution is 2.29. The van der Waals surface area contributed by atoms with E-state index in [0.29, 0.717) is 12.0 Å². The molecule has 2 aromatic heterocycles. The predicted molar refractivity (Wildman–Crippen MR) is 92.3 cm³/mol. The molecule has 7 nitrogen and oxygen atoms in total. The number of piperidine rings is 1. The second-order valence-electron chi connectivity index (χ2n) is 6.93. The van der Waals surface area contributed by atoms with Gasteiger partial charge in [-0.25, -0.2) is 9.97 Å². The largest absolute Gasteiger partial charge is 0.396 e. The topological polar surface area (TPSA) is 70.3 Å². The second-order valence-corrected chi connectivity index (χ2v) is 6.93. The molecule has 0 saturated carbocycles. The summed E-state index contributed by atoms with van der Waals surface area (Å²) >= 11 is 0. The summed E-state index contributed by atoms with van der Waals surface area (Å²) in [5.41, 5.74) is 1.20. The van der Waals surface area contributed by atoms with E-state index in [4.69, 9.17) is 0 Å². The molecule has 0 bridgehead atoms. The van der Waals surface area contributed by atoms with Crippen molar-refractivity contribution >= 4 is 11.6 Å². The fourth-order valence-electron chi connectivity index (χ4n) is 3.55. The van der Waals surface area contributed by atoms with Gasteiger partial charge >= 0.3 is 0 Å². The van der Waals surface area contributed by atoms with Crippen LogP contribution in [-0.2, 0) is 0 Å². The first-order chi connectivity index (χ1) is 11.7. The van der Waals surface area contributed by atoms with Crippen LogP contribution < -0.4 is 9.80 Å². The van der Waals surface area contributed by atoms with E-state index in [9.17, 15) is 5.11 Å². The molecule has 1 unspecified atom stereocenters. The number of hydrogen-bond donors (Lipinski definition) is 1. The summed E-state index contributed by atoms with van der Waals surface area (Å²) < 4.78 is 2.05. The van der Waals surface area contributed by atoms with Crippen LogP contribution >= 0.6 is 0 Å². The van der Waals surface area contributed by atoms with Gasteiger partial charge in [0.1, 0.15) is 18.0 Å². The monoisotopic (exact) mass is 328 g/mol. The lowest BCUT2D eigenvalue weighted by atomic mass is 9.99. The molecule has 4 heterocycles.